The first-order valence-corrected chi connectivity index (χ1v) is 8.59. The fraction of sp³-hybridized carbons (Fsp3) is 0.550. The smallest absolute Gasteiger partial charge is 0.239 e. The Labute approximate surface area is 139 Å². The number of fused-ring (bicyclic) bond motifs is 1. The average Bonchev–Trinajstić information content (AvgIpc) is 2.50. The molecule has 23 heavy (non-hydrogen) atoms. The third-order valence-corrected chi connectivity index (χ3v) is 5.75. The largest absolute Gasteiger partial charge is 0.368 e. The van der Waals surface area contributed by atoms with Gasteiger partial charge in [0.15, 0.2) is 0 Å². The first-order chi connectivity index (χ1) is 10.9. The van der Waals surface area contributed by atoms with E-state index in [0.29, 0.717) is 5.92 Å². The van der Waals surface area contributed by atoms with Crippen molar-refractivity contribution in [3.05, 3.63) is 47.0 Å². The van der Waals surface area contributed by atoms with E-state index in [4.69, 9.17) is 5.73 Å². The third-order valence-electron chi connectivity index (χ3n) is 5.75. The van der Waals surface area contributed by atoms with Crippen LogP contribution in [0.5, 0.6) is 0 Å². The van der Waals surface area contributed by atoms with Crippen molar-refractivity contribution in [1.29, 1.82) is 0 Å². The van der Waals surface area contributed by atoms with Crippen molar-refractivity contribution in [2.24, 2.45) is 17.1 Å². The summed E-state index contributed by atoms with van der Waals surface area (Å²) in [6, 6.07) is 8.70. The topological polar surface area (TPSA) is 46.3 Å². The van der Waals surface area contributed by atoms with Crippen molar-refractivity contribution >= 4 is 5.91 Å². The van der Waals surface area contributed by atoms with Gasteiger partial charge in [0.05, 0.1) is 0 Å². The predicted molar refractivity (Wildman–Crippen MR) is 92.8 cm³/mol. The van der Waals surface area contributed by atoms with Crippen molar-refractivity contribution in [1.82, 2.24) is 4.90 Å². The van der Waals surface area contributed by atoms with Crippen molar-refractivity contribution in [2.75, 3.05) is 13.1 Å². The Balaban J connectivity index is 1.89. The van der Waals surface area contributed by atoms with Gasteiger partial charge in [-0.3, -0.25) is 9.69 Å². The maximum absolute atomic E-state index is 12.2. The van der Waals surface area contributed by atoms with Gasteiger partial charge in [-0.05, 0) is 54.7 Å². The summed E-state index contributed by atoms with van der Waals surface area (Å²) in [6.07, 6.45) is 5.69. The molecule has 1 heterocycles. The van der Waals surface area contributed by atoms with Crippen molar-refractivity contribution in [3.63, 3.8) is 0 Å². The molecule has 0 bridgehead atoms. The molecule has 2 atom stereocenters. The lowest BCUT2D eigenvalue weighted by atomic mass is 9.68. The van der Waals surface area contributed by atoms with Crippen molar-refractivity contribution in [2.45, 2.75) is 46.1 Å². The van der Waals surface area contributed by atoms with Crippen LogP contribution in [0.15, 0.2) is 29.8 Å². The molecule has 123 valence electrons. The molecule has 3 nitrogen and oxygen atoms in total. The SMILES string of the molecule is CC1=CCCC(C)(C)C1CN1CCc2c[c]ccc2C1C(N)=O. The number of nitrogens with two attached hydrogens (primary N) is 1. The van der Waals surface area contributed by atoms with Crippen LogP contribution in [0.25, 0.3) is 0 Å². The van der Waals surface area contributed by atoms with Crippen LogP contribution < -0.4 is 5.73 Å². The molecule has 2 N–H and O–H groups in total. The van der Waals surface area contributed by atoms with Crippen LogP contribution in [0.2, 0.25) is 0 Å². The van der Waals surface area contributed by atoms with E-state index in [2.05, 4.69) is 37.8 Å². The summed E-state index contributed by atoms with van der Waals surface area (Å²) in [4.78, 5) is 14.5. The second-order valence-corrected chi connectivity index (χ2v) is 7.70. The van der Waals surface area contributed by atoms with Crippen molar-refractivity contribution in [3.8, 4) is 0 Å². The van der Waals surface area contributed by atoms with E-state index in [1.165, 1.54) is 17.6 Å². The number of carbonyl (C=O) groups excluding carboxylic acids is 1. The number of nitrogens with zero attached hydrogens (tertiary/aromatic N) is 1. The number of benzene rings is 1. The summed E-state index contributed by atoms with van der Waals surface area (Å²) in [5, 5.41) is 0. The van der Waals surface area contributed by atoms with E-state index in [1.807, 2.05) is 18.2 Å². The average molecular weight is 311 g/mol. The molecule has 2 aliphatic rings. The summed E-state index contributed by atoms with van der Waals surface area (Å²) in [5.74, 6) is 0.238. The maximum Gasteiger partial charge on any atom is 0.239 e. The molecule has 3 rings (SSSR count). The highest BCUT2D eigenvalue weighted by atomic mass is 16.1. The van der Waals surface area contributed by atoms with Crippen LogP contribution in [0.1, 0.15) is 50.8 Å². The minimum atomic E-state index is -0.307. The zero-order valence-corrected chi connectivity index (χ0v) is 14.4. The van der Waals surface area contributed by atoms with Crippen molar-refractivity contribution < 1.29 is 4.79 Å². The van der Waals surface area contributed by atoms with E-state index in [1.54, 1.807) is 0 Å². The van der Waals surface area contributed by atoms with Crippen LogP contribution in [-0.2, 0) is 11.2 Å². The highest BCUT2D eigenvalue weighted by Crippen LogP contribution is 2.42. The molecule has 1 aromatic rings. The monoisotopic (exact) mass is 311 g/mol. The van der Waals surface area contributed by atoms with Gasteiger partial charge in [-0.2, -0.15) is 0 Å². The molecule has 1 aliphatic heterocycles. The highest BCUT2D eigenvalue weighted by Gasteiger charge is 2.38. The van der Waals surface area contributed by atoms with Crippen LogP contribution >= 0.6 is 0 Å². The number of amides is 1. The quantitative estimate of drug-likeness (QED) is 0.871. The van der Waals surface area contributed by atoms with Gasteiger partial charge in [-0.25, -0.2) is 0 Å². The van der Waals surface area contributed by atoms with Gasteiger partial charge in [-0.1, -0.05) is 43.7 Å². The van der Waals surface area contributed by atoms with Crippen LogP contribution in [-0.4, -0.2) is 23.9 Å². The summed E-state index contributed by atoms with van der Waals surface area (Å²) in [5.41, 5.74) is 9.78. The molecule has 0 spiro atoms. The van der Waals surface area contributed by atoms with Gasteiger partial charge in [0.25, 0.3) is 0 Å². The Hall–Kier alpha value is -1.61. The first-order valence-electron chi connectivity index (χ1n) is 8.59. The second-order valence-electron chi connectivity index (χ2n) is 7.70. The van der Waals surface area contributed by atoms with Gasteiger partial charge in [-0.15, -0.1) is 0 Å². The molecule has 0 saturated carbocycles. The summed E-state index contributed by atoms with van der Waals surface area (Å²) in [7, 11) is 0. The Morgan fingerprint density at radius 1 is 1.48 bits per heavy atom. The van der Waals surface area contributed by atoms with Gasteiger partial charge < -0.3 is 5.73 Å². The molecule has 0 saturated heterocycles. The molecule has 1 aliphatic carbocycles. The standard InChI is InChI=1S/C20H27N2O/c1-14-7-6-11-20(2,3)17(14)13-22-12-10-15-8-4-5-9-16(15)18(22)19(21)23/h5,7-9,17-18H,6,10-13H2,1-3H3,(H2,21,23). The molecule has 0 aromatic heterocycles. The molecular weight excluding hydrogens is 284 g/mol. The number of hydrogen-bond donors (Lipinski definition) is 1. The summed E-state index contributed by atoms with van der Waals surface area (Å²) in [6.45, 7) is 8.72. The highest BCUT2D eigenvalue weighted by molar-refractivity contribution is 5.82. The number of allylic oxidation sites excluding steroid dienone is 1. The zero-order chi connectivity index (χ0) is 16.6. The van der Waals surface area contributed by atoms with Crippen LogP contribution in [0.4, 0.5) is 0 Å². The Morgan fingerprint density at radius 3 is 2.96 bits per heavy atom. The van der Waals surface area contributed by atoms with E-state index in [9.17, 15) is 4.79 Å². The summed E-state index contributed by atoms with van der Waals surface area (Å²) < 4.78 is 0. The van der Waals surface area contributed by atoms with E-state index in [-0.39, 0.29) is 17.4 Å². The zero-order valence-electron chi connectivity index (χ0n) is 14.4. The minimum Gasteiger partial charge on any atom is -0.368 e. The maximum atomic E-state index is 12.2. The minimum absolute atomic E-state index is 0.243. The van der Waals surface area contributed by atoms with E-state index >= 15 is 0 Å². The fourth-order valence-electron chi connectivity index (χ4n) is 4.31. The van der Waals surface area contributed by atoms with Gasteiger partial charge in [0.2, 0.25) is 5.91 Å². The lowest BCUT2D eigenvalue weighted by molar-refractivity contribution is -0.124. The molecule has 2 unspecified atom stereocenters. The lowest BCUT2D eigenvalue weighted by Crippen LogP contribution is -2.47. The van der Waals surface area contributed by atoms with Gasteiger partial charge in [0.1, 0.15) is 6.04 Å². The number of hydrogen-bond acceptors (Lipinski definition) is 2. The molecule has 0 fully saturated rings. The summed E-state index contributed by atoms with van der Waals surface area (Å²) >= 11 is 0. The normalized spacial score (nSPS) is 27.2. The Kier molecular flexibility index (Phi) is 4.33. The third kappa shape index (κ3) is 3.07. The molecule has 3 heteroatoms. The molecular formula is C20H27N2O. The van der Waals surface area contributed by atoms with E-state index in [0.717, 1.165) is 31.5 Å². The fourth-order valence-corrected chi connectivity index (χ4v) is 4.31. The number of rotatable bonds is 3. The Bertz CT molecular complexity index is 632. The Morgan fingerprint density at radius 2 is 2.26 bits per heavy atom. The lowest BCUT2D eigenvalue weighted by Gasteiger charge is -2.44. The molecule has 1 radical (unpaired) electrons. The number of carbonyl (C=O) groups is 1. The van der Waals surface area contributed by atoms with E-state index < -0.39 is 0 Å². The molecule has 1 amide bonds. The number of primary amides is 1. The predicted octanol–water partition coefficient (Wildman–Crippen LogP) is 3.25. The van der Waals surface area contributed by atoms with Crippen LogP contribution in [0, 0.1) is 17.4 Å². The second kappa shape index (κ2) is 6.12. The molecule has 1 aromatic carbocycles. The first kappa shape index (κ1) is 16.3. The van der Waals surface area contributed by atoms with Gasteiger partial charge in [0, 0.05) is 13.1 Å². The van der Waals surface area contributed by atoms with Crippen LogP contribution in [0.3, 0.4) is 0 Å². The van der Waals surface area contributed by atoms with Gasteiger partial charge >= 0.3 is 0 Å².